The maximum Gasteiger partial charge on any atom is 0.411 e. The molecule has 0 fully saturated rings. The van der Waals surface area contributed by atoms with Crippen LogP contribution in [0.3, 0.4) is 0 Å². The molecule has 1 aromatic carbocycles. The van der Waals surface area contributed by atoms with Crippen LogP contribution in [0.15, 0.2) is 6.07 Å². The molecule has 0 aliphatic carbocycles. The Labute approximate surface area is 109 Å². The second kappa shape index (κ2) is 5.76. The van der Waals surface area contributed by atoms with Gasteiger partial charge in [0.05, 0.1) is 12.3 Å². The van der Waals surface area contributed by atoms with E-state index in [1.165, 1.54) is 5.69 Å². The van der Waals surface area contributed by atoms with Crippen molar-refractivity contribution >= 4 is 17.5 Å². The number of carbonyl (C=O) groups is 1. The van der Waals surface area contributed by atoms with Gasteiger partial charge in [-0.25, -0.2) is 4.79 Å². The first-order valence-corrected chi connectivity index (χ1v) is 6.10. The van der Waals surface area contributed by atoms with Crippen LogP contribution in [-0.4, -0.2) is 26.8 Å². The number of hydrogen-bond donors (Lipinski definition) is 1. The molecule has 0 aliphatic rings. The Kier molecular flexibility index (Phi) is 4.59. The summed E-state index contributed by atoms with van der Waals surface area (Å²) in [4.78, 5) is 13.6. The molecule has 0 radical (unpaired) electrons. The van der Waals surface area contributed by atoms with Gasteiger partial charge in [0, 0.05) is 19.8 Å². The maximum absolute atomic E-state index is 11.5. The Bertz CT molecular complexity index is 454. The van der Waals surface area contributed by atoms with Crippen LogP contribution in [0.2, 0.25) is 0 Å². The van der Waals surface area contributed by atoms with Gasteiger partial charge in [-0.15, -0.1) is 0 Å². The highest BCUT2D eigenvalue weighted by Crippen LogP contribution is 2.31. The molecule has 18 heavy (non-hydrogen) atoms. The van der Waals surface area contributed by atoms with E-state index in [0.29, 0.717) is 6.61 Å². The smallest absolute Gasteiger partial charge is 0.411 e. The van der Waals surface area contributed by atoms with E-state index in [9.17, 15) is 4.79 Å². The van der Waals surface area contributed by atoms with Crippen molar-refractivity contribution in [2.75, 3.05) is 30.9 Å². The van der Waals surface area contributed by atoms with E-state index < -0.39 is 6.09 Å². The van der Waals surface area contributed by atoms with Crippen molar-refractivity contribution in [3.05, 3.63) is 22.8 Å². The van der Waals surface area contributed by atoms with Gasteiger partial charge in [-0.1, -0.05) is 0 Å². The quantitative estimate of drug-likeness (QED) is 0.895. The van der Waals surface area contributed by atoms with E-state index in [1.54, 1.807) is 6.92 Å². The topological polar surface area (TPSA) is 41.6 Å². The number of hydrogen-bond acceptors (Lipinski definition) is 3. The van der Waals surface area contributed by atoms with Gasteiger partial charge in [-0.05, 0) is 50.5 Å². The molecule has 0 bridgehead atoms. The largest absolute Gasteiger partial charge is 0.450 e. The first-order valence-electron chi connectivity index (χ1n) is 6.10. The number of anilines is 2. The third-order valence-corrected chi connectivity index (χ3v) is 3.05. The van der Waals surface area contributed by atoms with Gasteiger partial charge in [0.25, 0.3) is 0 Å². The average Bonchev–Trinajstić information content (AvgIpc) is 2.29. The molecule has 100 valence electrons. The van der Waals surface area contributed by atoms with Gasteiger partial charge in [-0.2, -0.15) is 0 Å². The molecular formula is C14H22N2O2. The summed E-state index contributed by atoms with van der Waals surface area (Å²) >= 11 is 0. The van der Waals surface area contributed by atoms with Gasteiger partial charge in [0.1, 0.15) is 0 Å². The third-order valence-electron chi connectivity index (χ3n) is 3.05. The van der Waals surface area contributed by atoms with Gasteiger partial charge in [-0.3, -0.25) is 5.32 Å². The van der Waals surface area contributed by atoms with Gasteiger partial charge >= 0.3 is 6.09 Å². The monoisotopic (exact) mass is 250 g/mol. The zero-order valence-electron chi connectivity index (χ0n) is 12.0. The second-order valence-electron chi connectivity index (χ2n) is 4.58. The van der Waals surface area contributed by atoms with Crippen molar-refractivity contribution in [1.82, 2.24) is 0 Å². The van der Waals surface area contributed by atoms with Gasteiger partial charge in [0.15, 0.2) is 0 Å². The number of carbonyl (C=O) groups excluding carboxylic acids is 1. The van der Waals surface area contributed by atoms with Gasteiger partial charge in [0.2, 0.25) is 0 Å². The van der Waals surface area contributed by atoms with Crippen LogP contribution in [0.5, 0.6) is 0 Å². The van der Waals surface area contributed by atoms with Crippen molar-refractivity contribution in [1.29, 1.82) is 0 Å². The number of amides is 1. The van der Waals surface area contributed by atoms with Crippen LogP contribution in [0.1, 0.15) is 23.6 Å². The number of aryl methyl sites for hydroxylation is 1. The summed E-state index contributed by atoms with van der Waals surface area (Å²) < 4.78 is 4.91. The molecule has 1 N–H and O–H groups in total. The summed E-state index contributed by atoms with van der Waals surface area (Å²) in [5.41, 5.74) is 5.29. The molecule has 4 heteroatoms. The number of rotatable bonds is 3. The Hall–Kier alpha value is -1.71. The molecule has 0 saturated heterocycles. The van der Waals surface area contributed by atoms with Crippen LogP contribution < -0.4 is 10.2 Å². The minimum Gasteiger partial charge on any atom is -0.450 e. The van der Waals surface area contributed by atoms with Gasteiger partial charge < -0.3 is 9.64 Å². The average molecular weight is 250 g/mol. The lowest BCUT2D eigenvalue weighted by Gasteiger charge is -2.21. The zero-order valence-corrected chi connectivity index (χ0v) is 12.0. The summed E-state index contributed by atoms with van der Waals surface area (Å²) in [6, 6.07) is 2.07. The fourth-order valence-corrected chi connectivity index (χ4v) is 1.99. The van der Waals surface area contributed by atoms with Crippen LogP contribution >= 0.6 is 0 Å². The normalized spacial score (nSPS) is 10.1. The highest BCUT2D eigenvalue weighted by molar-refractivity contribution is 5.88. The van der Waals surface area contributed by atoms with Crippen molar-refractivity contribution in [3.63, 3.8) is 0 Å². The molecule has 0 spiro atoms. The van der Waals surface area contributed by atoms with E-state index in [0.717, 1.165) is 22.4 Å². The van der Waals surface area contributed by atoms with Crippen LogP contribution in [0.4, 0.5) is 16.2 Å². The Morgan fingerprint density at radius 2 is 1.89 bits per heavy atom. The number of benzene rings is 1. The summed E-state index contributed by atoms with van der Waals surface area (Å²) in [5, 5.41) is 2.81. The van der Waals surface area contributed by atoms with Crippen LogP contribution in [0.25, 0.3) is 0 Å². The van der Waals surface area contributed by atoms with Crippen LogP contribution in [-0.2, 0) is 4.74 Å². The molecular weight excluding hydrogens is 228 g/mol. The van der Waals surface area contributed by atoms with E-state index >= 15 is 0 Å². The minimum atomic E-state index is -0.402. The molecule has 4 nitrogen and oxygen atoms in total. The number of nitrogens with one attached hydrogen (secondary N) is 1. The summed E-state index contributed by atoms with van der Waals surface area (Å²) in [6.07, 6.45) is -0.402. The molecule has 0 atom stereocenters. The SMILES string of the molecule is CCOC(=O)Nc1c(C)cc(N(C)C)c(C)c1C. The summed E-state index contributed by atoms with van der Waals surface area (Å²) in [5.74, 6) is 0. The molecule has 0 saturated carbocycles. The van der Waals surface area contributed by atoms with E-state index in [4.69, 9.17) is 4.74 Å². The molecule has 1 rings (SSSR count). The van der Waals surface area contributed by atoms with Crippen molar-refractivity contribution < 1.29 is 9.53 Å². The van der Waals surface area contributed by atoms with Crippen LogP contribution in [0, 0.1) is 20.8 Å². The summed E-state index contributed by atoms with van der Waals surface area (Å²) in [6.45, 7) is 8.22. The second-order valence-corrected chi connectivity index (χ2v) is 4.58. The molecule has 0 heterocycles. The number of ether oxygens (including phenoxy) is 1. The lowest BCUT2D eigenvalue weighted by molar-refractivity contribution is 0.168. The lowest BCUT2D eigenvalue weighted by atomic mass is 10.0. The molecule has 0 unspecified atom stereocenters. The minimum absolute atomic E-state index is 0.374. The Morgan fingerprint density at radius 3 is 2.39 bits per heavy atom. The number of nitrogens with zero attached hydrogens (tertiary/aromatic N) is 1. The zero-order chi connectivity index (χ0) is 13.9. The van der Waals surface area contributed by atoms with Crippen molar-refractivity contribution in [3.8, 4) is 0 Å². The maximum atomic E-state index is 11.5. The predicted molar refractivity (Wildman–Crippen MR) is 75.6 cm³/mol. The molecule has 0 aliphatic heterocycles. The first-order chi connectivity index (χ1) is 8.38. The fourth-order valence-electron chi connectivity index (χ4n) is 1.99. The Morgan fingerprint density at radius 1 is 1.28 bits per heavy atom. The van der Waals surface area contributed by atoms with Crippen molar-refractivity contribution in [2.45, 2.75) is 27.7 Å². The highest BCUT2D eigenvalue weighted by Gasteiger charge is 2.13. The third kappa shape index (κ3) is 2.94. The lowest BCUT2D eigenvalue weighted by Crippen LogP contribution is -2.17. The molecule has 1 amide bonds. The standard InChI is InChI=1S/C14H22N2O2/c1-7-18-14(17)15-13-9(2)8-12(16(5)6)10(3)11(13)4/h8H,7H2,1-6H3,(H,15,17). The van der Waals surface area contributed by atoms with E-state index in [-0.39, 0.29) is 0 Å². The highest BCUT2D eigenvalue weighted by atomic mass is 16.5. The van der Waals surface area contributed by atoms with E-state index in [2.05, 4.69) is 23.2 Å². The fraction of sp³-hybridized carbons (Fsp3) is 0.500. The van der Waals surface area contributed by atoms with E-state index in [1.807, 2.05) is 27.9 Å². The predicted octanol–water partition coefficient (Wildman–Crippen LogP) is 3.25. The molecule has 1 aromatic rings. The Balaban J connectivity index is 3.15. The van der Waals surface area contributed by atoms with Crippen molar-refractivity contribution in [2.24, 2.45) is 0 Å². The summed E-state index contributed by atoms with van der Waals surface area (Å²) in [7, 11) is 4.03. The first kappa shape index (κ1) is 14.4. The molecule has 0 aromatic heterocycles.